The number of nitrogens with one attached hydrogen (secondary N) is 1. The maximum Gasteiger partial charge on any atom is 0.253 e. The zero-order chi connectivity index (χ0) is 20.2. The molecule has 0 spiro atoms. The summed E-state index contributed by atoms with van der Waals surface area (Å²) in [4.78, 5) is 33.9. The number of ketones is 1. The monoisotopic (exact) mass is 388 g/mol. The van der Waals surface area contributed by atoms with Gasteiger partial charge in [0.2, 0.25) is 5.95 Å². The highest BCUT2D eigenvalue weighted by Gasteiger charge is 2.19. The molecule has 0 saturated carbocycles. The average molecular weight is 388 g/mol. The van der Waals surface area contributed by atoms with Crippen LogP contribution < -0.4 is 10.2 Å². The molecule has 2 aromatic carbocycles. The Morgan fingerprint density at radius 2 is 1.83 bits per heavy atom. The van der Waals surface area contributed by atoms with Crippen LogP contribution in [-0.4, -0.2) is 41.4 Å². The van der Waals surface area contributed by atoms with E-state index < -0.39 is 0 Å². The number of carbonyl (C=O) groups excluding carboxylic acids is 2. The molecule has 3 aromatic rings. The van der Waals surface area contributed by atoms with Gasteiger partial charge in [0.1, 0.15) is 6.61 Å². The molecule has 0 atom stereocenters. The lowest BCUT2D eigenvalue weighted by Crippen LogP contribution is -2.41. The summed E-state index contributed by atoms with van der Waals surface area (Å²) in [5.41, 5.74) is 3.98. The Balaban J connectivity index is 1.49. The molecule has 1 fully saturated rings. The predicted molar refractivity (Wildman–Crippen MR) is 110 cm³/mol. The van der Waals surface area contributed by atoms with Crippen molar-refractivity contribution in [2.45, 2.75) is 6.92 Å². The SMILES string of the molecule is CC(=O)c1ccc(-c2ccnc(Nc3ccc(N4CCOCC4=O)cc3)n2)cc1. The van der Waals surface area contributed by atoms with Crippen LogP contribution in [0.2, 0.25) is 0 Å². The number of morpholine rings is 1. The van der Waals surface area contributed by atoms with Crippen LogP contribution in [0.3, 0.4) is 0 Å². The molecule has 0 radical (unpaired) electrons. The van der Waals surface area contributed by atoms with E-state index in [2.05, 4.69) is 15.3 Å². The minimum absolute atomic E-state index is 0.0313. The number of aromatic nitrogens is 2. The largest absolute Gasteiger partial charge is 0.370 e. The van der Waals surface area contributed by atoms with E-state index >= 15 is 0 Å². The summed E-state index contributed by atoms with van der Waals surface area (Å²) in [6.45, 7) is 2.76. The summed E-state index contributed by atoms with van der Waals surface area (Å²) >= 11 is 0. The Hall–Kier alpha value is -3.58. The molecule has 2 heterocycles. The molecule has 1 saturated heterocycles. The van der Waals surface area contributed by atoms with Gasteiger partial charge in [-0.2, -0.15) is 0 Å². The first kappa shape index (κ1) is 18.8. The van der Waals surface area contributed by atoms with Crippen molar-refractivity contribution in [3.63, 3.8) is 0 Å². The molecule has 0 aliphatic carbocycles. The standard InChI is InChI=1S/C22H20N4O3/c1-15(27)16-2-4-17(5-3-16)20-10-11-23-22(25-20)24-18-6-8-19(9-7-18)26-12-13-29-14-21(26)28/h2-11H,12-14H2,1H3,(H,23,24,25). The highest BCUT2D eigenvalue weighted by Crippen LogP contribution is 2.23. The number of hydrogen-bond acceptors (Lipinski definition) is 6. The van der Waals surface area contributed by atoms with Gasteiger partial charge in [-0.1, -0.05) is 24.3 Å². The second-order valence-electron chi connectivity index (χ2n) is 6.67. The minimum Gasteiger partial charge on any atom is -0.370 e. The average Bonchev–Trinajstić information content (AvgIpc) is 2.75. The van der Waals surface area contributed by atoms with Crippen LogP contribution in [0.4, 0.5) is 17.3 Å². The van der Waals surface area contributed by atoms with Gasteiger partial charge in [-0.05, 0) is 37.3 Å². The Bertz CT molecular complexity index is 1030. The molecule has 1 amide bonds. The Kier molecular flexibility index (Phi) is 5.31. The molecule has 1 aliphatic rings. The van der Waals surface area contributed by atoms with Crippen LogP contribution in [0.5, 0.6) is 0 Å². The molecule has 146 valence electrons. The first-order valence-electron chi connectivity index (χ1n) is 9.30. The second kappa shape index (κ2) is 8.20. The van der Waals surface area contributed by atoms with Crippen LogP contribution in [0.1, 0.15) is 17.3 Å². The molecule has 0 unspecified atom stereocenters. The fourth-order valence-corrected chi connectivity index (χ4v) is 3.10. The zero-order valence-electron chi connectivity index (χ0n) is 16.0. The van der Waals surface area contributed by atoms with E-state index in [-0.39, 0.29) is 18.3 Å². The third-order valence-corrected chi connectivity index (χ3v) is 4.66. The summed E-state index contributed by atoms with van der Waals surface area (Å²) in [7, 11) is 0. The molecule has 29 heavy (non-hydrogen) atoms. The topological polar surface area (TPSA) is 84.4 Å². The van der Waals surface area contributed by atoms with Crippen molar-refractivity contribution < 1.29 is 14.3 Å². The van der Waals surface area contributed by atoms with Crippen LogP contribution >= 0.6 is 0 Å². The second-order valence-corrected chi connectivity index (χ2v) is 6.67. The molecule has 7 nitrogen and oxygen atoms in total. The van der Waals surface area contributed by atoms with Crippen LogP contribution in [0.15, 0.2) is 60.8 Å². The maximum absolute atomic E-state index is 11.9. The Labute approximate surface area is 168 Å². The number of anilines is 3. The first-order valence-corrected chi connectivity index (χ1v) is 9.30. The van der Waals surface area contributed by atoms with Gasteiger partial charge in [-0.25, -0.2) is 9.97 Å². The summed E-state index contributed by atoms with van der Waals surface area (Å²) in [5.74, 6) is 0.459. The number of ether oxygens (including phenoxy) is 1. The first-order chi connectivity index (χ1) is 14.1. The molecule has 1 N–H and O–H groups in total. The highest BCUT2D eigenvalue weighted by atomic mass is 16.5. The predicted octanol–water partition coefficient (Wildman–Crippen LogP) is 3.45. The lowest BCUT2D eigenvalue weighted by atomic mass is 10.1. The number of Topliss-reactive ketones (excluding diaryl/α,β-unsaturated/α-hetero) is 1. The van der Waals surface area contributed by atoms with Crippen molar-refractivity contribution >= 4 is 29.0 Å². The van der Waals surface area contributed by atoms with E-state index in [0.29, 0.717) is 24.7 Å². The number of carbonyl (C=O) groups is 2. The van der Waals surface area contributed by atoms with E-state index in [1.165, 1.54) is 0 Å². The number of benzene rings is 2. The van der Waals surface area contributed by atoms with Gasteiger partial charge in [0.25, 0.3) is 5.91 Å². The number of nitrogens with zero attached hydrogens (tertiary/aromatic N) is 3. The van der Waals surface area contributed by atoms with Crippen molar-refractivity contribution in [3.8, 4) is 11.3 Å². The Morgan fingerprint density at radius 3 is 2.52 bits per heavy atom. The van der Waals surface area contributed by atoms with E-state index in [9.17, 15) is 9.59 Å². The molecular weight excluding hydrogens is 368 g/mol. The zero-order valence-corrected chi connectivity index (χ0v) is 16.0. The van der Waals surface area contributed by atoms with E-state index in [4.69, 9.17) is 4.74 Å². The lowest BCUT2D eigenvalue weighted by Gasteiger charge is -2.26. The molecule has 4 rings (SSSR count). The quantitative estimate of drug-likeness (QED) is 0.674. The lowest BCUT2D eigenvalue weighted by molar-refractivity contribution is -0.125. The van der Waals surface area contributed by atoms with Gasteiger partial charge in [0, 0.05) is 35.2 Å². The molecule has 0 bridgehead atoms. The fraction of sp³-hybridized carbons (Fsp3) is 0.182. The third-order valence-electron chi connectivity index (χ3n) is 4.66. The highest BCUT2D eigenvalue weighted by molar-refractivity contribution is 5.95. The third kappa shape index (κ3) is 4.30. The summed E-state index contributed by atoms with van der Waals surface area (Å²) in [5, 5.41) is 3.18. The van der Waals surface area contributed by atoms with Gasteiger partial charge in [0.05, 0.1) is 12.3 Å². The van der Waals surface area contributed by atoms with E-state index in [1.807, 2.05) is 42.5 Å². The van der Waals surface area contributed by atoms with Crippen LogP contribution in [-0.2, 0) is 9.53 Å². The van der Waals surface area contributed by atoms with E-state index in [0.717, 1.165) is 22.6 Å². The normalized spacial score (nSPS) is 14.0. The van der Waals surface area contributed by atoms with Crippen molar-refractivity contribution in [2.24, 2.45) is 0 Å². The van der Waals surface area contributed by atoms with Crippen molar-refractivity contribution in [3.05, 3.63) is 66.4 Å². The molecular formula is C22H20N4O3. The van der Waals surface area contributed by atoms with Gasteiger partial charge < -0.3 is 15.0 Å². The summed E-state index contributed by atoms with van der Waals surface area (Å²) in [6.07, 6.45) is 1.68. The van der Waals surface area contributed by atoms with Gasteiger partial charge in [0.15, 0.2) is 5.78 Å². The van der Waals surface area contributed by atoms with Crippen LogP contribution in [0, 0.1) is 0 Å². The van der Waals surface area contributed by atoms with E-state index in [1.54, 1.807) is 30.2 Å². The van der Waals surface area contributed by atoms with Gasteiger partial charge in [-0.3, -0.25) is 9.59 Å². The summed E-state index contributed by atoms with van der Waals surface area (Å²) < 4.78 is 5.17. The fourth-order valence-electron chi connectivity index (χ4n) is 3.10. The van der Waals surface area contributed by atoms with Crippen molar-refractivity contribution in [2.75, 3.05) is 30.0 Å². The molecule has 1 aromatic heterocycles. The number of rotatable bonds is 5. The molecule has 1 aliphatic heterocycles. The van der Waals surface area contributed by atoms with Crippen LogP contribution in [0.25, 0.3) is 11.3 Å². The Morgan fingerprint density at radius 1 is 1.07 bits per heavy atom. The molecule has 7 heteroatoms. The van der Waals surface area contributed by atoms with Crippen molar-refractivity contribution in [1.82, 2.24) is 9.97 Å². The summed E-state index contributed by atoms with van der Waals surface area (Å²) in [6, 6.07) is 16.7. The van der Waals surface area contributed by atoms with Gasteiger partial charge >= 0.3 is 0 Å². The number of amides is 1. The smallest absolute Gasteiger partial charge is 0.253 e. The minimum atomic E-state index is -0.0382. The number of hydrogen-bond donors (Lipinski definition) is 1. The van der Waals surface area contributed by atoms with Gasteiger partial charge in [-0.15, -0.1) is 0 Å². The van der Waals surface area contributed by atoms with Crippen molar-refractivity contribution in [1.29, 1.82) is 0 Å². The maximum atomic E-state index is 11.9.